The third kappa shape index (κ3) is 2.67. The van der Waals surface area contributed by atoms with Crippen molar-refractivity contribution in [2.75, 3.05) is 6.54 Å². The Hall–Kier alpha value is -1.51. The lowest BCUT2D eigenvalue weighted by Gasteiger charge is -2.16. The molecule has 112 valence electrons. The summed E-state index contributed by atoms with van der Waals surface area (Å²) in [4.78, 5) is 25.5. The van der Waals surface area contributed by atoms with E-state index in [1.54, 1.807) is 0 Å². The van der Waals surface area contributed by atoms with Crippen molar-refractivity contribution >= 4 is 0 Å². The zero-order valence-corrected chi connectivity index (χ0v) is 11.1. The smallest absolute Gasteiger partial charge is 0.330 e. The van der Waals surface area contributed by atoms with Gasteiger partial charge in [-0.1, -0.05) is 0 Å². The van der Waals surface area contributed by atoms with Crippen LogP contribution in [0.3, 0.4) is 0 Å². The average molecular weight is 287 g/mol. The van der Waals surface area contributed by atoms with Gasteiger partial charge in [-0.2, -0.15) is 0 Å². The number of rotatable bonds is 4. The number of aliphatic hydroxyl groups excluding tert-OH is 1. The molecule has 0 aliphatic carbocycles. The van der Waals surface area contributed by atoms with Gasteiger partial charge in [0.1, 0.15) is 6.10 Å². The molecule has 2 rings (SSSR count). The van der Waals surface area contributed by atoms with E-state index in [-0.39, 0.29) is 0 Å². The minimum Gasteiger partial charge on any atom is -0.387 e. The van der Waals surface area contributed by atoms with Gasteiger partial charge in [-0.3, -0.25) is 14.3 Å². The maximum absolute atomic E-state index is 13.9. The number of aryl methyl sites for hydroxylation is 1. The summed E-state index contributed by atoms with van der Waals surface area (Å²) < 4.78 is 20.2. The zero-order valence-electron chi connectivity index (χ0n) is 11.1. The summed E-state index contributed by atoms with van der Waals surface area (Å²) in [6, 6.07) is 0. The van der Waals surface area contributed by atoms with Crippen LogP contribution in [0.1, 0.15) is 25.1 Å². The predicted octanol–water partition coefficient (Wildman–Crippen LogP) is -0.956. The van der Waals surface area contributed by atoms with Gasteiger partial charge in [-0.05, 0) is 26.3 Å². The van der Waals surface area contributed by atoms with Crippen molar-refractivity contribution in [1.82, 2.24) is 9.55 Å². The zero-order chi connectivity index (χ0) is 14.9. The summed E-state index contributed by atoms with van der Waals surface area (Å²) in [7, 11) is 0. The SMILES string of the molecule is C[C@H]1O[C@@H](n2cc(CCCN)c(=O)[nH]c2=O)[C@H](F)[C@@H]1O. The Balaban J connectivity index is 2.37. The number of H-pyrrole nitrogens is 1. The van der Waals surface area contributed by atoms with Crippen LogP contribution in [0, 0.1) is 0 Å². The second-order valence-electron chi connectivity index (χ2n) is 4.88. The van der Waals surface area contributed by atoms with Crippen molar-refractivity contribution in [2.24, 2.45) is 5.73 Å². The fourth-order valence-corrected chi connectivity index (χ4v) is 2.21. The molecule has 7 nitrogen and oxygen atoms in total. The number of halogens is 1. The van der Waals surface area contributed by atoms with Crippen LogP contribution in [0.2, 0.25) is 0 Å². The van der Waals surface area contributed by atoms with Gasteiger partial charge in [0.15, 0.2) is 12.4 Å². The van der Waals surface area contributed by atoms with Crippen molar-refractivity contribution in [3.63, 3.8) is 0 Å². The number of nitrogens with two attached hydrogens (primary N) is 1. The molecule has 0 radical (unpaired) electrons. The fraction of sp³-hybridized carbons (Fsp3) is 0.667. The minimum absolute atomic E-state index is 0.333. The van der Waals surface area contributed by atoms with E-state index in [9.17, 15) is 19.1 Å². The van der Waals surface area contributed by atoms with E-state index < -0.39 is 35.9 Å². The molecule has 0 aromatic carbocycles. The summed E-state index contributed by atoms with van der Waals surface area (Å²) in [5, 5.41) is 9.55. The standard InChI is InChI=1S/C12H18FN3O4/c1-6-9(17)8(13)11(20-6)16-5-7(3-2-4-14)10(18)15-12(16)19/h5-6,8-9,11,17H,2-4,14H2,1H3,(H,15,18,19)/t6-,8-,9-,11-/m1/s1. The minimum atomic E-state index is -1.73. The van der Waals surface area contributed by atoms with E-state index in [0.717, 1.165) is 4.57 Å². The summed E-state index contributed by atoms with van der Waals surface area (Å²) in [6.45, 7) is 1.92. The molecule has 8 heteroatoms. The van der Waals surface area contributed by atoms with Gasteiger partial charge in [0, 0.05) is 11.8 Å². The molecular weight excluding hydrogens is 269 g/mol. The second-order valence-corrected chi connectivity index (χ2v) is 4.88. The lowest BCUT2D eigenvalue weighted by molar-refractivity contribution is -0.0186. The fourth-order valence-electron chi connectivity index (χ4n) is 2.21. The Morgan fingerprint density at radius 2 is 2.25 bits per heavy atom. The maximum atomic E-state index is 13.9. The molecule has 1 aromatic rings. The van der Waals surface area contributed by atoms with Crippen molar-refractivity contribution < 1.29 is 14.2 Å². The molecule has 1 saturated heterocycles. The molecule has 20 heavy (non-hydrogen) atoms. The number of aliphatic hydroxyl groups is 1. The third-order valence-electron chi connectivity index (χ3n) is 3.40. The van der Waals surface area contributed by atoms with Crippen molar-refractivity contribution in [2.45, 2.75) is 44.4 Å². The molecule has 1 fully saturated rings. The lowest BCUT2D eigenvalue weighted by atomic mass is 10.1. The van der Waals surface area contributed by atoms with Crippen LogP contribution in [0.4, 0.5) is 4.39 Å². The first-order valence-corrected chi connectivity index (χ1v) is 6.47. The Bertz CT molecular complexity index is 585. The molecule has 0 bridgehead atoms. The summed E-state index contributed by atoms with van der Waals surface area (Å²) in [5.74, 6) is 0. The van der Waals surface area contributed by atoms with Gasteiger partial charge in [0.05, 0.1) is 6.10 Å². The summed E-state index contributed by atoms with van der Waals surface area (Å²) in [6.07, 6.45) is -2.75. The number of aromatic amines is 1. The van der Waals surface area contributed by atoms with Crippen LogP contribution >= 0.6 is 0 Å². The van der Waals surface area contributed by atoms with Crippen LogP contribution in [0.5, 0.6) is 0 Å². The molecule has 0 saturated carbocycles. The normalized spacial score (nSPS) is 29.8. The molecular formula is C12H18FN3O4. The first-order valence-electron chi connectivity index (χ1n) is 6.47. The van der Waals surface area contributed by atoms with Crippen molar-refractivity contribution in [3.8, 4) is 0 Å². The number of nitrogens with one attached hydrogen (secondary N) is 1. The average Bonchev–Trinajstić information content (AvgIpc) is 2.66. The maximum Gasteiger partial charge on any atom is 0.330 e. The highest BCUT2D eigenvalue weighted by Gasteiger charge is 2.43. The first kappa shape index (κ1) is 14.9. The number of aromatic nitrogens is 2. The topological polar surface area (TPSA) is 110 Å². The van der Waals surface area contributed by atoms with Crippen LogP contribution in [-0.4, -0.2) is 39.6 Å². The number of hydrogen-bond donors (Lipinski definition) is 3. The molecule has 1 aliphatic rings. The van der Waals surface area contributed by atoms with E-state index in [0.29, 0.717) is 24.9 Å². The summed E-state index contributed by atoms with van der Waals surface area (Å²) >= 11 is 0. The highest BCUT2D eigenvalue weighted by molar-refractivity contribution is 5.06. The Morgan fingerprint density at radius 3 is 2.80 bits per heavy atom. The highest BCUT2D eigenvalue weighted by atomic mass is 19.1. The van der Waals surface area contributed by atoms with Crippen LogP contribution in [-0.2, 0) is 11.2 Å². The molecule has 4 atom stereocenters. The molecule has 0 amide bonds. The second kappa shape index (κ2) is 5.86. The monoisotopic (exact) mass is 287 g/mol. The van der Waals surface area contributed by atoms with Crippen LogP contribution < -0.4 is 17.0 Å². The van der Waals surface area contributed by atoms with Crippen molar-refractivity contribution in [3.05, 3.63) is 32.6 Å². The van der Waals surface area contributed by atoms with Gasteiger partial charge in [0.2, 0.25) is 0 Å². The third-order valence-corrected chi connectivity index (χ3v) is 3.40. The highest BCUT2D eigenvalue weighted by Crippen LogP contribution is 2.30. The van der Waals surface area contributed by atoms with Crippen LogP contribution in [0.15, 0.2) is 15.8 Å². The Kier molecular flexibility index (Phi) is 4.36. The molecule has 0 unspecified atom stereocenters. The number of nitrogens with zero attached hydrogens (tertiary/aromatic N) is 1. The largest absolute Gasteiger partial charge is 0.387 e. The summed E-state index contributed by atoms with van der Waals surface area (Å²) in [5.41, 5.74) is 4.43. The van der Waals surface area contributed by atoms with Gasteiger partial charge in [-0.15, -0.1) is 0 Å². The molecule has 1 aliphatic heterocycles. The van der Waals surface area contributed by atoms with Gasteiger partial charge in [-0.25, -0.2) is 9.18 Å². The van der Waals surface area contributed by atoms with Crippen molar-refractivity contribution in [1.29, 1.82) is 0 Å². The van der Waals surface area contributed by atoms with Gasteiger partial charge < -0.3 is 15.6 Å². The molecule has 0 spiro atoms. The first-order chi connectivity index (χ1) is 9.45. The lowest BCUT2D eigenvalue weighted by Crippen LogP contribution is -2.37. The Labute approximate surface area is 114 Å². The number of hydrogen-bond acceptors (Lipinski definition) is 5. The molecule has 1 aromatic heterocycles. The van der Waals surface area contributed by atoms with E-state index in [1.165, 1.54) is 13.1 Å². The number of ether oxygens (including phenoxy) is 1. The number of alkyl halides is 1. The van der Waals surface area contributed by atoms with Crippen LogP contribution in [0.25, 0.3) is 0 Å². The van der Waals surface area contributed by atoms with E-state index in [1.807, 2.05) is 0 Å². The van der Waals surface area contributed by atoms with Gasteiger partial charge >= 0.3 is 5.69 Å². The predicted molar refractivity (Wildman–Crippen MR) is 69.2 cm³/mol. The van der Waals surface area contributed by atoms with E-state index in [2.05, 4.69) is 4.98 Å². The molecule has 2 heterocycles. The molecule has 4 N–H and O–H groups in total. The van der Waals surface area contributed by atoms with Gasteiger partial charge in [0.25, 0.3) is 5.56 Å². The van der Waals surface area contributed by atoms with E-state index in [4.69, 9.17) is 10.5 Å². The quantitative estimate of drug-likeness (QED) is 0.661. The Morgan fingerprint density at radius 1 is 1.55 bits per heavy atom. The van der Waals surface area contributed by atoms with E-state index >= 15 is 0 Å².